The molecule has 10 heteroatoms. The van der Waals surface area contributed by atoms with E-state index in [-0.39, 0.29) is 22.7 Å². The van der Waals surface area contributed by atoms with Crippen molar-refractivity contribution in [2.24, 2.45) is 0 Å². The minimum atomic E-state index is -0.676. The Kier molecular flexibility index (Phi) is 5.49. The molecule has 0 atom stereocenters. The van der Waals surface area contributed by atoms with Gasteiger partial charge in [0.2, 0.25) is 0 Å². The maximum absolute atomic E-state index is 15.7. The van der Waals surface area contributed by atoms with Crippen LogP contribution in [0.5, 0.6) is 0 Å². The molecule has 2 aromatic carbocycles. The predicted octanol–water partition coefficient (Wildman–Crippen LogP) is 4.30. The number of pyridine rings is 1. The molecule has 0 bridgehead atoms. The van der Waals surface area contributed by atoms with Crippen LogP contribution in [0.15, 0.2) is 58.3 Å². The van der Waals surface area contributed by atoms with Gasteiger partial charge in [0.15, 0.2) is 12.2 Å². The minimum absolute atomic E-state index is 0.209. The van der Waals surface area contributed by atoms with Gasteiger partial charge in [0.25, 0.3) is 5.56 Å². The fraction of sp³-hybridized carbons (Fsp3) is 0.296. The van der Waals surface area contributed by atoms with Crippen molar-refractivity contribution in [3.05, 3.63) is 70.9 Å². The molecule has 1 aliphatic rings. The molecule has 190 valence electrons. The lowest BCUT2D eigenvalue weighted by Gasteiger charge is -2.34. The number of aromatic amines is 2. The Hall–Kier alpha value is -4.18. The third kappa shape index (κ3) is 4.03. The number of nitrogens with one attached hydrogen (secondary N) is 3. The molecule has 0 saturated carbocycles. The zero-order chi connectivity index (χ0) is 25.7. The molecule has 4 heterocycles. The molecule has 0 radical (unpaired) electrons. The van der Waals surface area contributed by atoms with E-state index in [0.717, 1.165) is 31.6 Å². The lowest BCUT2D eigenvalue weighted by atomic mass is 9.99. The summed E-state index contributed by atoms with van der Waals surface area (Å²) in [4.78, 5) is 32.7. The van der Waals surface area contributed by atoms with Crippen LogP contribution >= 0.6 is 0 Å². The van der Waals surface area contributed by atoms with Crippen LogP contribution in [0.25, 0.3) is 33.3 Å². The number of para-hydroxylation sites is 1. The Balaban J connectivity index is 1.50. The van der Waals surface area contributed by atoms with Crippen molar-refractivity contribution >= 4 is 33.3 Å². The van der Waals surface area contributed by atoms with E-state index in [1.165, 1.54) is 6.39 Å². The van der Waals surface area contributed by atoms with E-state index in [1.807, 2.05) is 49.1 Å². The molecule has 9 nitrogen and oxygen atoms in total. The van der Waals surface area contributed by atoms with Gasteiger partial charge in [0.05, 0.1) is 27.9 Å². The van der Waals surface area contributed by atoms with E-state index in [1.54, 1.807) is 12.3 Å². The number of aromatic nitrogens is 4. The zero-order valence-corrected chi connectivity index (χ0v) is 20.9. The number of nitrogens with zero attached hydrogens (tertiary/aromatic N) is 4. The summed E-state index contributed by atoms with van der Waals surface area (Å²) in [5.41, 5.74) is 2.47. The lowest BCUT2D eigenvalue weighted by molar-refractivity contribution is 0.312. The molecule has 0 unspecified atom stereocenters. The molecule has 6 rings (SSSR count). The monoisotopic (exact) mass is 501 g/mol. The summed E-state index contributed by atoms with van der Waals surface area (Å²) < 4.78 is 20.9. The minimum Gasteiger partial charge on any atom is -0.451 e. The van der Waals surface area contributed by atoms with Gasteiger partial charge in [0, 0.05) is 31.6 Å². The van der Waals surface area contributed by atoms with Crippen LogP contribution in [0.3, 0.4) is 0 Å². The first kappa shape index (κ1) is 23.2. The number of rotatable bonds is 5. The van der Waals surface area contributed by atoms with Crippen LogP contribution in [0.4, 0.5) is 15.8 Å². The third-order valence-electron chi connectivity index (χ3n) is 7.09. The summed E-state index contributed by atoms with van der Waals surface area (Å²) in [6.07, 6.45) is 2.94. The fourth-order valence-corrected chi connectivity index (χ4v) is 4.94. The number of piperazine rings is 1. The number of benzene rings is 2. The van der Waals surface area contributed by atoms with E-state index >= 15 is 4.39 Å². The quantitative estimate of drug-likeness (QED) is 0.330. The van der Waals surface area contributed by atoms with Gasteiger partial charge in [-0.25, -0.2) is 14.4 Å². The van der Waals surface area contributed by atoms with E-state index < -0.39 is 5.54 Å². The van der Waals surface area contributed by atoms with Gasteiger partial charge in [-0.3, -0.25) is 4.79 Å². The number of anilines is 2. The summed E-state index contributed by atoms with van der Waals surface area (Å²) in [7, 11) is 2.06. The standard InChI is InChI=1S/C27H28FN7O2/c1-27(2,20-14-37-15-29-20)33-23-16-6-4-5-7-17(16)31-26(36)21(23)25-30-18-8-9-19(22(28)24(18)32-25)35-12-10-34(3)11-13-35/h4-9,14-15H,10-13H2,1-3H3,(H,30,32)(H2,31,33,36). The highest BCUT2D eigenvalue weighted by Crippen LogP contribution is 2.36. The van der Waals surface area contributed by atoms with Crippen LogP contribution in [0.1, 0.15) is 19.5 Å². The maximum atomic E-state index is 15.7. The van der Waals surface area contributed by atoms with Crippen LogP contribution < -0.4 is 15.8 Å². The van der Waals surface area contributed by atoms with Crippen molar-refractivity contribution in [2.45, 2.75) is 19.4 Å². The van der Waals surface area contributed by atoms with Crippen LogP contribution in [-0.4, -0.2) is 58.1 Å². The second-order valence-electron chi connectivity index (χ2n) is 10.0. The van der Waals surface area contributed by atoms with Crippen LogP contribution in [0, 0.1) is 5.82 Å². The fourth-order valence-electron chi connectivity index (χ4n) is 4.94. The third-order valence-corrected chi connectivity index (χ3v) is 7.09. The summed E-state index contributed by atoms with van der Waals surface area (Å²) in [5.74, 6) is -0.103. The van der Waals surface area contributed by atoms with E-state index in [9.17, 15) is 4.79 Å². The largest absolute Gasteiger partial charge is 0.451 e. The molecule has 1 saturated heterocycles. The number of halogens is 1. The molecule has 5 aromatic rings. The van der Waals surface area contributed by atoms with Gasteiger partial charge in [-0.05, 0) is 39.1 Å². The number of likely N-dealkylation sites (N-methyl/N-ethyl adjacent to an activating group) is 1. The SMILES string of the molecule is CN1CCN(c2ccc3[nH]c(-c4c(NC(C)(C)c5cocn5)c5ccccc5[nH]c4=O)nc3c2F)CC1. The molecule has 0 spiro atoms. The number of imidazole rings is 1. The van der Waals surface area contributed by atoms with Gasteiger partial charge in [-0.2, -0.15) is 0 Å². The second kappa shape index (κ2) is 8.74. The van der Waals surface area contributed by atoms with Gasteiger partial charge < -0.3 is 29.5 Å². The molecule has 1 fully saturated rings. The van der Waals surface area contributed by atoms with Crippen molar-refractivity contribution in [1.29, 1.82) is 0 Å². The lowest BCUT2D eigenvalue weighted by Crippen LogP contribution is -2.44. The average Bonchev–Trinajstić information content (AvgIpc) is 3.56. The summed E-state index contributed by atoms with van der Waals surface area (Å²) in [5, 5.41) is 4.29. The van der Waals surface area contributed by atoms with Crippen molar-refractivity contribution in [3.8, 4) is 11.4 Å². The smallest absolute Gasteiger partial charge is 0.261 e. The highest BCUT2D eigenvalue weighted by Gasteiger charge is 2.28. The van der Waals surface area contributed by atoms with Crippen molar-refractivity contribution in [1.82, 2.24) is 24.8 Å². The van der Waals surface area contributed by atoms with Gasteiger partial charge in [-0.15, -0.1) is 0 Å². The van der Waals surface area contributed by atoms with Gasteiger partial charge in [0.1, 0.15) is 28.9 Å². The molecule has 37 heavy (non-hydrogen) atoms. The van der Waals surface area contributed by atoms with Crippen molar-refractivity contribution in [2.75, 3.05) is 43.4 Å². The molecule has 0 amide bonds. The van der Waals surface area contributed by atoms with Crippen LogP contribution in [0.2, 0.25) is 0 Å². The summed E-state index contributed by atoms with van der Waals surface area (Å²) >= 11 is 0. The molecule has 3 aromatic heterocycles. The highest BCUT2D eigenvalue weighted by atomic mass is 19.1. The number of hydrogen-bond donors (Lipinski definition) is 3. The van der Waals surface area contributed by atoms with E-state index in [4.69, 9.17) is 4.42 Å². The zero-order valence-electron chi connectivity index (χ0n) is 20.9. The normalized spacial score (nSPS) is 15.1. The highest BCUT2D eigenvalue weighted by molar-refractivity contribution is 5.99. The van der Waals surface area contributed by atoms with E-state index in [2.05, 4.69) is 37.2 Å². The number of hydrogen-bond acceptors (Lipinski definition) is 7. The number of oxazole rings is 1. The predicted molar refractivity (Wildman–Crippen MR) is 142 cm³/mol. The Labute approximate surface area is 212 Å². The molecular weight excluding hydrogens is 473 g/mol. The first-order chi connectivity index (χ1) is 17.8. The second-order valence-corrected chi connectivity index (χ2v) is 10.0. The maximum Gasteiger partial charge on any atom is 0.261 e. The summed E-state index contributed by atoms with van der Waals surface area (Å²) in [6, 6.07) is 11.1. The molecular formula is C27H28FN7O2. The van der Waals surface area contributed by atoms with Crippen molar-refractivity contribution in [3.63, 3.8) is 0 Å². The number of fused-ring (bicyclic) bond motifs is 2. The van der Waals surface area contributed by atoms with E-state index in [0.29, 0.717) is 33.7 Å². The van der Waals surface area contributed by atoms with Gasteiger partial charge in [-0.1, -0.05) is 18.2 Å². The number of H-pyrrole nitrogens is 2. The Morgan fingerprint density at radius 1 is 1.05 bits per heavy atom. The Morgan fingerprint density at radius 3 is 2.59 bits per heavy atom. The van der Waals surface area contributed by atoms with Crippen molar-refractivity contribution < 1.29 is 8.81 Å². The van der Waals surface area contributed by atoms with Gasteiger partial charge >= 0.3 is 0 Å². The molecule has 3 N–H and O–H groups in total. The topological polar surface area (TPSA) is 106 Å². The molecule has 1 aliphatic heterocycles. The van der Waals surface area contributed by atoms with Crippen LogP contribution in [-0.2, 0) is 5.54 Å². The first-order valence-corrected chi connectivity index (χ1v) is 12.3. The Bertz CT molecular complexity index is 1650. The Morgan fingerprint density at radius 2 is 1.84 bits per heavy atom. The first-order valence-electron chi connectivity index (χ1n) is 12.3. The summed E-state index contributed by atoms with van der Waals surface area (Å²) in [6.45, 7) is 7.12. The molecule has 0 aliphatic carbocycles. The average molecular weight is 502 g/mol.